The minimum Gasteiger partial charge on any atom is -0.354 e. The Kier molecular flexibility index (Phi) is 5.51. The first-order chi connectivity index (χ1) is 8.09. The molecule has 3 nitrogen and oxygen atoms in total. The zero-order valence-electron chi connectivity index (χ0n) is 10.4. The zero-order chi connectivity index (χ0) is 12.7. The summed E-state index contributed by atoms with van der Waals surface area (Å²) in [6.07, 6.45) is 3.02. The highest BCUT2D eigenvalue weighted by Crippen LogP contribution is 2.17. The highest BCUT2D eigenvalue weighted by atomic mass is 32.2. The molecular formula is C13H20N2OS. The molecule has 94 valence electrons. The molecule has 1 aromatic carbocycles. The number of nitrogens with one attached hydrogen (secondary N) is 1. The van der Waals surface area contributed by atoms with Crippen LogP contribution in [-0.4, -0.2) is 24.5 Å². The Morgan fingerprint density at radius 2 is 2.06 bits per heavy atom. The third-order valence-electron chi connectivity index (χ3n) is 2.66. The molecule has 0 aliphatic heterocycles. The van der Waals surface area contributed by atoms with E-state index in [1.165, 1.54) is 0 Å². The number of benzene rings is 1. The van der Waals surface area contributed by atoms with Gasteiger partial charge < -0.3 is 11.1 Å². The van der Waals surface area contributed by atoms with Crippen LogP contribution in [0.25, 0.3) is 0 Å². The van der Waals surface area contributed by atoms with E-state index in [-0.39, 0.29) is 5.91 Å². The number of hydrogen-bond donors (Lipinski definition) is 2. The molecule has 0 aromatic heterocycles. The number of rotatable bonds is 6. The van der Waals surface area contributed by atoms with E-state index >= 15 is 0 Å². The van der Waals surface area contributed by atoms with Gasteiger partial charge in [0.2, 0.25) is 5.91 Å². The molecular weight excluding hydrogens is 232 g/mol. The number of amides is 1. The van der Waals surface area contributed by atoms with Gasteiger partial charge in [-0.05, 0) is 30.9 Å². The van der Waals surface area contributed by atoms with E-state index in [4.69, 9.17) is 5.73 Å². The van der Waals surface area contributed by atoms with Crippen LogP contribution in [0.4, 0.5) is 0 Å². The van der Waals surface area contributed by atoms with Gasteiger partial charge in [0.25, 0.3) is 0 Å². The summed E-state index contributed by atoms with van der Waals surface area (Å²) in [6, 6.07) is 9.45. The van der Waals surface area contributed by atoms with Crippen molar-refractivity contribution in [1.29, 1.82) is 0 Å². The average Bonchev–Trinajstić information content (AvgIpc) is 2.35. The lowest BCUT2D eigenvalue weighted by atomic mass is 9.92. The van der Waals surface area contributed by atoms with Crippen molar-refractivity contribution in [3.05, 3.63) is 35.9 Å². The summed E-state index contributed by atoms with van der Waals surface area (Å²) >= 11 is 1.77. The maximum Gasteiger partial charge on any atom is 0.244 e. The molecule has 0 saturated heterocycles. The van der Waals surface area contributed by atoms with Crippen LogP contribution in [0.15, 0.2) is 30.3 Å². The first kappa shape index (κ1) is 14.1. The van der Waals surface area contributed by atoms with Gasteiger partial charge in [-0.15, -0.1) is 0 Å². The second-order valence-corrected chi connectivity index (χ2v) is 5.16. The van der Waals surface area contributed by atoms with Crippen molar-refractivity contribution < 1.29 is 4.79 Å². The molecule has 0 saturated carbocycles. The fraction of sp³-hybridized carbons (Fsp3) is 0.462. The SMILES string of the molecule is CSCCCNC(=O)C(C)(N)c1ccccc1. The Bertz CT molecular complexity index is 352. The van der Waals surface area contributed by atoms with Gasteiger partial charge in [0, 0.05) is 6.54 Å². The third kappa shape index (κ3) is 4.06. The fourth-order valence-electron chi connectivity index (χ4n) is 1.52. The molecule has 4 heteroatoms. The van der Waals surface area contributed by atoms with Crippen LogP contribution in [0.2, 0.25) is 0 Å². The first-order valence-corrected chi connectivity index (χ1v) is 7.10. The third-order valence-corrected chi connectivity index (χ3v) is 3.35. The summed E-state index contributed by atoms with van der Waals surface area (Å²) in [7, 11) is 0. The second-order valence-electron chi connectivity index (χ2n) is 4.17. The first-order valence-electron chi connectivity index (χ1n) is 5.70. The number of hydrogen-bond acceptors (Lipinski definition) is 3. The predicted octanol–water partition coefficient (Wildman–Crippen LogP) is 1.73. The summed E-state index contributed by atoms with van der Waals surface area (Å²) < 4.78 is 0. The van der Waals surface area contributed by atoms with Crippen molar-refractivity contribution in [2.75, 3.05) is 18.6 Å². The largest absolute Gasteiger partial charge is 0.354 e. The van der Waals surface area contributed by atoms with Crippen LogP contribution in [0.3, 0.4) is 0 Å². The van der Waals surface area contributed by atoms with Crippen molar-refractivity contribution in [2.24, 2.45) is 5.73 Å². The molecule has 0 radical (unpaired) electrons. The summed E-state index contributed by atoms with van der Waals surface area (Å²) in [5.41, 5.74) is 5.96. The molecule has 1 rings (SSSR count). The molecule has 0 bridgehead atoms. The highest BCUT2D eigenvalue weighted by molar-refractivity contribution is 7.98. The molecule has 17 heavy (non-hydrogen) atoms. The molecule has 0 heterocycles. The van der Waals surface area contributed by atoms with Crippen LogP contribution in [-0.2, 0) is 10.3 Å². The molecule has 0 spiro atoms. The van der Waals surface area contributed by atoms with Gasteiger partial charge in [0.15, 0.2) is 0 Å². The van der Waals surface area contributed by atoms with E-state index in [9.17, 15) is 4.79 Å². The summed E-state index contributed by atoms with van der Waals surface area (Å²) in [4.78, 5) is 12.0. The van der Waals surface area contributed by atoms with Gasteiger partial charge in [-0.1, -0.05) is 30.3 Å². The van der Waals surface area contributed by atoms with Crippen LogP contribution in [0, 0.1) is 0 Å². The Morgan fingerprint density at radius 3 is 2.65 bits per heavy atom. The minimum absolute atomic E-state index is 0.121. The predicted molar refractivity (Wildman–Crippen MR) is 74.0 cm³/mol. The highest BCUT2D eigenvalue weighted by Gasteiger charge is 2.29. The lowest BCUT2D eigenvalue weighted by Crippen LogP contribution is -2.49. The number of carbonyl (C=O) groups is 1. The minimum atomic E-state index is -0.958. The van der Waals surface area contributed by atoms with Gasteiger partial charge >= 0.3 is 0 Å². The molecule has 0 aliphatic rings. The van der Waals surface area contributed by atoms with Gasteiger partial charge in [0.1, 0.15) is 5.54 Å². The molecule has 1 aromatic rings. The van der Waals surface area contributed by atoms with Crippen LogP contribution in [0.1, 0.15) is 18.9 Å². The number of carbonyl (C=O) groups excluding carboxylic acids is 1. The lowest BCUT2D eigenvalue weighted by molar-refractivity contribution is -0.126. The molecule has 0 aliphatic carbocycles. The summed E-state index contributed by atoms with van der Waals surface area (Å²) in [6.45, 7) is 2.42. The summed E-state index contributed by atoms with van der Waals surface area (Å²) in [5, 5.41) is 2.88. The topological polar surface area (TPSA) is 55.1 Å². The molecule has 1 unspecified atom stereocenters. The van der Waals surface area contributed by atoms with E-state index in [1.54, 1.807) is 18.7 Å². The molecule has 0 fully saturated rings. The smallest absolute Gasteiger partial charge is 0.244 e. The van der Waals surface area contributed by atoms with E-state index in [0.717, 1.165) is 17.7 Å². The van der Waals surface area contributed by atoms with Crippen molar-refractivity contribution in [1.82, 2.24) is 5.32 Å². The summed E-state index contributed by atoms with van der Waals surface area (Å²) in [5.74, 6) is 0.928. The Balaban J connectivity index is 2.55. The lowest BCUT2D eigenvalue weighted by Gasteiger charge is -2.24. The maximum absolute atomic E-state index is 12.0. The number of thioether (sulfide) groups is 1. The molecule has 1 atom stereocenters. The van der Waals surface area contributed by atoms with E-state index < -0.39 is 5.54 Å². The Morgan fingerprint density at radius 1 is 1.41 bits per heavy atom. The van der Waals surface area contributed by atoms with Crippen molar-refractivity contribution in [2.45, 2.75) is 18.9 Å². The standard InChI is InChI=1S/C13H20N2OS/c1-13(14,11-7-4-3-5-8-11)12(16)15-9-6-10-17-2/h3-5,7-8H,6,9-10,14H2,1-2H3,(H,15,16). The van der Waals surface area contributed by atoms with E-state index in [2.05, 4.69) is 11.6 Å². The quantitative estimate of drug-likeness (QED) is 0.758. The van der Waals surface area contributed by atoms with Gasteiger partial charge in [-0.3, -0.25) is 4.79 Å². The van der Waals surface area contributed by atoms with E-state index in [0.29, 0.717) is 6.54 Å². The van der Waals surface area contributed by atoms with Crippen LogP contribution < -0.4 is 11.1 Å². The van der Waals surface area contributed by atoms with Gasteiger partial charge in [-0.25, -0.2) is 0 Å². The zero-order valence-corrected chi connectivity index (χ0v) is 11.2. The van der Waals surface area contributed by atoms with Crippen molar-refractivity contribution >= 4 is 17.7 Å². The van der Waals surface area contributed by atoms with Crippen LogP contribution >= 0.6 is 11.8 Å². The maximum atomic E-state index is 12.0. The van der Waals surface area contributed by atoms with Gasteiger partial charge in [0.05, 0.1) is 0 Å². The Hall–Kier alpha value is -1.00. The van der Waals surface area contributed by atoms with Crippen molar-refractivity contribution in [3.8, 4) is 0 Å². The average molecular weight is 252 g/mol. The van der Waals surface area contributed by atoms with E-state index in [1.807, 2.05) is 30.3 Å². The fourth-order valence-corrected chi connectivity index (χ4v) is 1.95. The monoisotopic (exact) mass is 252 g/mol. The van der Waals surface area contributed by atoms with Gasteiger partial charge in [-0.2, -0.15) is 11.8 Å². The molecule has 3 N–H and O–H groups in total. The second kappa shape index (κ2) is 6.67. The number of nitrogens with two attached hydrogens (primary N) is 1. The van der Waals surface area contributed by atoms with Crippen LogP contribution in [0.5, 0.6) is 0 Å². The van der Waals surface area contributed by atoms with Crippen molar-refractivity contribution in [3.63, 3.8) is 0 Å². The Labute approximate surface area is 107 Å². The molecule has 1 amide bonds. The normalized spacial score (nSPS) is 14.1.